The zero-order valence-corrected chi connectivity index (χ0v) is 24.2. The molecule has 0 bridgehead atoms. The maximum absolute atomic E-state index is 12.5. The second-order valence-corrected chi connectivity index (χ2v) is 13.8. The Morgan fingerprint density at radius 2 is 1.32 bits per heavy atom. The van der Waals surface area contributed by atoms with E-state index in [9.17, 15) is 24.0 Å². The van der Waals surface area contributed by atoms with Crippen LogP contribution >= 0.6 is 15.6 Å². The van der Waals surface area contributed by atoms with Crippen molar-refractivity contribution in [2.75, 3.05) is 13.2 Å². The summed E-state index contributed by atoms with van der Waals surface area (Å²) < 4.78 is 62.4. The van der Waals surface area contributed by atoms with E-state index >= 15 is 0 Å². The van der Waals surface area contributed by atoms with Gasteiger partial charge in [0.1, 0.15) is 6.10 Å². The first kappa shape index (κ1) is 31.6. The van der Waals surface area contributed by atoms with Crippen molar-refractivity contribution in [3.05, 3.63) is 0 Å². The Morgan fingerprint density at radius 3 is 1.89 bits per heavy atom. The monoisotopic (exact) mass is 572 g/mol. The first-order valence-electron chi connectivity index (χ1n) is 13.1. The standard InChI is InChI=1S/C23H44O12P2/c1-13(2)7-18-19(9-16(6)31-18)34-37(27,28)30-12-22-20(10-23(24)33-22)35-36(25,26)29-11-21-17(14(3)4)8-15(5)32-21/h13-24H,7-12H2,1-6H3,(H,25,26)(H,27,28)/p-2/t15-,16-,17-,18+,19+,20+,21+,22+,23+/m0/s1. The summed E-state index contributed by atoms with van der Waals surface area (Å²) in [6.07, 6.45) is -3.72. The highest BCUT2D eigenvalue weighted by molar-refractivity contribution is 7.46. The molecule has 0 aromatic rings. The molecule has 1 N–H and O–H groups in total. The summed E-state index contributed by atoms with van der Waals surface area (Å²) in [7, 11) is -9.61. The fraction of sp³-hybridized carbons (Fsp3) is 1.00. The molecule has 3 aliphatic heterocycles. The van der Waals surface area contributed by atoms with Crippen LogP contribution in [0.5, 0.6) is 0 Å². The molecule has 37 heavy (non-hydrogen) atoms. The van der Waals surface area contributed by atoms with Crippen LogP contribution in [0.2, 0.25) is 0 Å². The van der Waals surface area contributed by atoms with E-state index in [0.29, 0.717) is 12.8 Å². The Morgan fingerprint density at radius 1 is 0.811 bits per heavy atom. The van der Waals surface area contributed by atoms with Gasteiger partial charge in [-0.15, -0.1) is 0 Å². The summed E-state index contributed by atoms with van der Waals surface area (Å²) >= 11 is 0. The van der Waals surface area contributed by atoms with Gasteiger partial charge in [-0.25, -0.2) is 0 Å². The Bertz CT molecular complexity index is 826. The summed E-state index contributed by atoms with van der Waals surface area (Å²) in [6.45, 7) is 11.1. The highest BCUT2D eigenvalue weighted by Crippen LogP contribution is 2.47. The van der Waals surface area contributed by atoms with Crippen LogP contribution in [-0.2, 0) is 41.4 Å². The topological polar surface area (TPSA) is 165 Å². The predicted octanol–water partition coefficient (Wildman–Crippen LogP) is 2.51. The van der Waals surface area contributed by atoms with Crippen LogP contribution in [0.4, 0.5) is 0 Å². The molecule has 3 saturated heterocycles. The van der Waals surface area contributed by atoms with Crippen LogP contribution in [-0.4, -0.2) is 67.3 Å². The van der Waals surface area contributed by atoms with E-state index in [2.05, 4.69) is 0 Å². The maximum atomic E-state index is 12.5. The van der Waals surface area contributed by atoms with E-state index in [1.54, 1.807) is 0 Å². The number of hydrogen-bond acceptors (Lipinski definition) is 12. The smallest absolute Gasteiger partial charge is 0.268 e. The quantitative estimate of drug-likeness (QED) is 0.321. The third kappa shape index (κ3) is 9.59. The van der Waals surface area contributed by atoms with E-state index < -0.39 is 53.0 Å². The van der Waals surface area contributed by atoms with E-state index in [0.717, 1.165) is 6.42 Å². The van der Waals surface area contributed by atoms with Crippen molar-refractivity contribution < 1.29 is 56.3 Å². The molecule has 0 aromatic carbocycles. The fourth-order valence-corrected chi connectivity index (χ4v) is 7.12. The minimum atomic E-state index is -4.82. The summed E-state index contributed by atoms with van der Waals surface area (Å²) in [6, 6.07) is 0. The van der Waals surface area contributed by atoms with Crippen molar-refractivity contribution in [3.63, 3.8) is 0 Å². The van der Waals surface area contributed by atoms with Gasteiger partial charge in [-0.05, 0) is 44.4 Å². The third-order valence-electron chi connectivity index (χ3n) is 6.94. The number of rotatable bonds is 13. The molecule has 3 aliphatic rings. The second-order valence-electron chi connectivity index (χ2n) is 11.1. The zero-order valence-electron chi connectivity index (χ0n) is 22.4. The van der Waals surface area contributed by atoms with Crippen LogP contribution in [0, 0.1) is 17.8 Å². The molecular formula is C23H42O12P2-2. The first-order chi connectivity index (χ1) is 17.1. The third-order valence-corrected chi connectivity index (χ3v) is 8.93. The largest absolute Gasteiger partial charge is 0.756 e. The number of aliphatic hydroxyl groups is 1. The summed E-state index contributed by atoms with van der Waals surface area (Å²) in [5, 5.41) is 9.90. The molecule has 11 atom stereocenters. The minimum absolute atomic E-state index is 0.00229. The van der Waals surface area contributed by atoms with E-state index in [-0.39, 0.29) is 49.1 Å². The Kier molecular flexibility index (Phi) is 11.2. The van der Waals surface area contributed by atoms with Crippen LogP contribution in [0.3, 0.4) is 0 Å². The highest BCUT2D eigenvalue weighted by Gasteiger charge is 2.41. The number of ether oxygens (including phenoxy) is 3. The van der Waals surface area contributed by atoms with Gasteiger partial charge in [0.15, 0.2) is 6.29 Å². The van der Waals surface area contributed by atoms with Gasteiger partial charge in [-0.2, -0.15) is 0 Å². The molecule has 12 nitrogen and oxygen atoms in total. The van der Waals surface area contributed by atoms with E-state index in [1.165, 1.54) is 0 Å². The van der Waals surface area contributed by atoms with Gasteiger partial charge < -0.3 is 47.2 Å². The molecule has 3 fully saturated rings. The molecule has 3 rings (SSSR count). The summed E-state index contributed by atoms with van der Waals surface area (Å²) in [5.74, 6) is 0.715. The number of phosphoric ester groups is 2. The molecule has 0 aliphatic carbocycles. The lowest BCUT2D eigenvalue weighted by Crippen LogP contribution is -2.33. The Hall–Kier alpha value is 0.0600. The zero-order chi connectivity index (χ0) is 27.5. The van der Waals surface area contributed by atoms with Crippen molar-refractivity contribution in [1.29, 1.82) is 0 Å². The molecule has 218 valence electrons. The van der Waals surface area contributed by atoms with Crippen molar-refractivity contribution in [2.45, 2.75) is 116 Å². The van der Waals surface area contributed by atoms with Gasteiger partial charge in [0, 0.05) is 12.8 Å². The summed E-state index contributed by atoms with van der Waals surface area (Å²) in [5.41, 5.74) is 0. The lowest BCUT2D eigenvalue weighted by atomic mass is 9.88. The lowest BCUT2D eigenvalue weighted by molar-refractivity contribution is -0.238. The molecule has 0 aromatic heterocycles. The van der Waals surface area contributed by atoms with Gasteiger partial charge >= 0.3 is 0 Å². The van der Waals surface area contributed by atoms with Crippen LogP contribution in [0.25, 0.3) is 0 Å². The molecule has 3 heterocycles. The Balaban J connectivity index is 1.52. The van der Waals surface area contributed by atoms with E-state index in [4.69, 9.17) is 32.3 Å². The predicted molar refractivity (Wildman–Crippen MR) is 128 cm³/mol. The number of phosphoric acid groups is 2. The molecule has 0 spiro atoms. The average Bonchev–Trinajstić information content (AvgIpc) is 3.40. The molecule has 2 unspecified atom stereocenters. The highest BCUT2D eigenvalue weighted by atomic mass is 31.2. The van der Waals surface area contributed by atoms with Gasteiger partial charge in [-0.1, -0.05) is 27.7 Å². The minimum Gasteiger partial charge on any atom is -0.756 e. The Labute approximate surface area is 219 Å². The molecule has 0 saturated carbocycles. The average molecular weight is 573 g/mol. The van der Waals surface area contributed by atoms with Crippen LogP contribution < -0.4 is 9.79 Å². The van der Waals surface area contributed by atoms with E-state index in [1.807, 2.05) is 41.5 Å². The first-order valence-corrected chi connectivity index (χ1v) is 16.0. The SMILES string of the molecule is CC(C)C[C@H]1O[C@@H](C)C[C@H]1OP(=O)([O-])OC[C@H]1O[C@@H](O)C[C@H]1OP(=O)([O-])OC[C@H]1O[C@@H](C)C[C@H]1C(C)C. The van der Waals surface area contributed by atoms with Gasteiger partial charge in [0.2, 0.25) is 0 Å². The van der Waals surface area contributed by atoms with Crippen molar-refractivity contribution in [1.82, 2.24) is 0 Å². The van der Waals surface area contributed by atoms with Gasteiger partial charge in [0.25, 0.3) is 15.6 Å². The number of aliphatic hydroxyl groups excluding tert-OH is 1. The second kappa shape index (κ2) is 13.1. The maximum Gasteiger partial charge on any atom is 0.268 e. The fourth-order valence-electron chi connectivity index (χ4n) is 5.23. The lowest BCUT2D eigenvalue weighted by Gasteiger charge is -2.32. The summed E-state index contributed by atoms with van der Waals surface area (Å²) in [4.78, 5) is 25.1. The van der Waals surface area contributed by atoms with Gasteiger partial charge in [-0.3, -0.25) is 9.13 Å². The number of hydrogen-bond donors (Lipinski definition) is 1. The van der Waals surface area contributed by atoms with Crippen LogP contribution in [0.15, 0.2) is 0 Å². The molecule has 0 radical (unpaired) electrons. The molecular weight excluding hydrogens is 530 g/mol. The molecule has 0 amide bonds. The van der Waals surface area contributed by atoms with Crippen LogP contribution in [0.1, 0.15) is 67.2 Å². The van der Waals surface area contributed by atoms with Gasteiger partial charge in [0.05, 0.1) is 49.8 Å². The van der Waals surface area contributed by atoms with Crippen molar-refractivity contribution in [2.24, 2.45) is 17.8 Å². The van der Waals surface area contributed by atoms with Crippen molar-refractivity contribution >= 4 is 15.6 Å². The molecule has 14 heteroatoms. The normalized spacial score (nSPS) is 39.9. The van der Waals surface area contributed by atoms with Crippen molar-refractivity contribution in [3.8, 4) is 0 Å².